The number of anilines is 2. The van der Waals surface area contributed by atoms with Crippen molar-refractivity contribution < 1.29 is 36.6 Å². The third-order valence-corrected chi connectivity index (χ3v) is 5.18. The number of carbonyl (C=O) groups is 2. The summed E-state index contributed by atoms with van der Waals surface area (Å²) in [4.78, 5) is 28.6. The van der Waals surface area contributed by atoms with E-state index < -0.39 is 41.4 Å². The Morgan fingerprint density at radius 1 is 1.08 bits per heavy atom. The van der Waals surface area contributed by atoms with Crippen molar-refractivity contribution >= 4 is 23.2 Å². The zero-order valence-electron chi connectivity index (χ0n) is 18.8. The molecular formula is C24H20F4N4O4. The number of nitrogens with one attached hydrogen (secondary N) is 3. The molecule has 2 heterocycles. The molecule has 0 saturated heterocycles. The van der Waals surface area contributed by atoms with Gasteiger partial charge in [0.1, 0.15) is 0 Å². The fraction of sp³-hybridized carbons (Fsp3) is 0.208. The van der Waals surface area contributed by atoms with Crippen molar-refractivity contribution in [2.45, 2.75) is 25.4 Å². The minimum absolute atomic E-state index is 0.113. The Morgan fingerprint density at radius 2 is 1.86 bits per heavy atom. The van der Waals surface area contributed by atoms with E-state index in [9.17, 15) is 27.2 Å². The Balaban J connectivity index is 1.49. The Labute approximate surface area is 202 Å². The summed E-state index contributed by atoms with van der Waals surface area (Å²) < 4.78 is 63.4. The van der Waals surface area contributed by atoms with Crippen molar-refractivity contribution in [1.82, 2.24) is 10.3 Å². The van der Waals surface area contributed by atoms with Crippen LogP contribution in [0.4, 0.5) is 28.9 Å². The maximum Gasteiger partial charge on any atom is 0.468 e. The van der Waals surface area contributed by atoms with Crippen molar-refractivity contribution in [1.29, 1.82) is 0 Å². The standard InChI is InChI=1S/C24H20F4N4O4/c1-29-21(33)9-14-8-13(6-7-30-14)12-31-17-5-3-2-4-15(17)22(34)32-18-11-20-19(10-16(18)25)35-23(26)24(27,28)36-20/h2-8,10-11,23,31H,9,12H2,1H3,(H,29,33)(H,32,34). The van der Waals surface area contributed by atoms with E-state index in [1.54, 1.807) is 36.5 Å². The average Bonchev–Trinajstić information content (AvgIpc) is 2.84. The first-order valence-corrected chi connectivity index (χ1v) is 10.7. The summed E-state index contributed by atoms with van der Waals surface area (Å²) in [7, 11) is 1.53. The van der Waals surface area contributed by atoms with E-state index in [1.165, 1.54) is 13.1 Å². The number of rotatable bonds is 7. The van der Waals surface area contributed by atoms with Gasteiger partial charge in [-0.2, -0.15) is 13.2 Å². The zero-order chi connectivity index (χ0) is 25.9. The number of likely N-dealkylation sites (N-methyl/N-ethyl adjacent to an activating group) is 1. The summed E-state index contributed by atoms with van der Waals surface area (Å²) in [5.41, 5.74) is 1.45. The van der Waals surface area contributed by atoms with Crippen molar-refractivity contribution in [2.75, 3.05) is 17.7 Å². The van der Waals surface area contributed by atoms with Gasteiger partial charge < -0.3 is 25.4 Å². The molecule has 0 aliphatic carbocycles. The quantitative estimate of drug-likeness (QED) is 0.420. The van der Waals surface area contributed by atoms with Crippen molar-refractivity contribution in [3.63, 3.8) is 0 Å². The molecule has 1 atom stereocenters. The van der Waals surface area contributed by atoms with Crippen LogP contribution in [0.1, 0.15) is 21.6 Å². The highest BCUT2D eigenvalue weighted by Gasteiger charge is 2.49. The highest BCUT2D eigenvalue weighted by atomic mass is 19.3. The van der Waals surface area contributed by atoms with Gasteiger partial charge in [-0.15, -0.1) is 0 Å². The average molecular weight is 504 g/mol. The highest BCUT2D eigenvalue weighted by molar-refractivity contribution is 6.08. The molecule has 1 aliphatic heterocycles. The first-order chi connectivity index (χ1) is 17.2. The van der Waals surface area contributed by atoms with Gasteiger partial charge in [-0.3, -0.25) is 14.6 Å². The fourth-order valence-electron chi connectivity index (χ4n) is 3.39. The van der Waals surface area contributed by atoms with E-state index in [-0.39, 0.29) is 24.4 Å². The van der Waals surface area contributed by atoms with E-state index in [2.05, 4.69) is 30.4 Å². The molecule has 0 radical (unpaired) electrons. The molecule has 8 nitrogen and oxygen atoms in total. The lowest BCUT2D eigenvalue weighted by molar-refractivity contribution is -0.281. The van der Waals surface area contributed by atoms with Crippen LogP contribution in [0, 0.1) is 5.82 Å². The number of ether oxygens (including phenoxy) is 2. The Kier molecular flexibility index (Phi) is 6.95. The molecule has 0 saturated carbocycles. The van der Waals surface area contributed by atoms with Crippen LogP contribution in [0.2, 0.25) is 0 Å². The monoisotopic (exact) mass is 504 g/mol. The molecule has 0 fully saturated rings. The normalized spacial score (nSPS) is 15.6. The largest absolute Gasteiger partial charge is 0.468 e. The number of alkyl halides is 3. The molecule has 0 bridgehead atoms. The van der Waals surface area contributed by atoms with Gasteiger partial charge in [0.15, 0.2) is 17.3 Å². The Bertz CT molecular complexity index is 1300. The van der Waals surface area contributed by atoms with Crippen molar-refractivity contribution in [3.05, 3.63) is 77.4 Å². The van der Waals surface area contributed by atoms with Gasteiger partial charge in [0, 0.05) is 43.3 Å². The Hall–Kier alpha value is -4.35. The second-order valence-corrected chi connectivity index (χ2v) is 7.74. The van der Waals surface area contributed by atoms with Gasteiger partial charge in [0.25, 0.3) is 5.91 Å². The van der Waals surface area contributed by atoms with E-state index in [1.807, 2.05) is 0 Å². The predicted octanol–water partition coefficient (Wildman–Crippen LogP) is 4.03. The van der Waals surface area contributed by atoms with Gasteiger partial charge in [-0.05, 0) is 29.8 Å². The topological polar surface area (TPSA) is 102 Å². The molecule has 2 aromatic carbocycles. The summed E-state index contributed by atoms with van der Waals surface area (Å²) >= 11 is 0. The van der Waals surface area contributed by atoms with Crippen LogP contribution < -0.4 is 25.4 Å². The summed E-state index contributed by atoms with van der Waals surface area (Å²) in [6.07, 6.45) is -5.69. The smallest absolute Gasteiger partial charge is 0.447 e. The van der Waals surface area contributed by atoms with E-state index in [0.29, 0.717) is 17.4 Å². The van der Waals surface area contributed by atoms with Crippen LogP contribution in [-0.4, -0.2) is 36.3 Å². The predicted molar refractivity (Wildman–Crippen MR) is 121 cm³/mol. The first-order valence-electron chi connectivity index (χ1n) is 10.7. The summed E-state index contributed by atoms with van der Waals surface area (Å²) in [5, 5.41) is 7.93. The number of fused-ring (bicyclic) bond motifs is 1. The summed E-state index contributed by atoms with van der Waals surface area (Å²) in [6.45, 7) is 0.283. The minimum atomic E-state index is -4.27. The molecule has 1 aromatic heterocycles. The summed E-state index contributed by atoms with van der Waals surface area (Å²) in [5.74, 6) is -3.14. The molecule has 0 spiro atoms. The molecule has 2 amide bonds. The third kappa shape index (κ3) is 5.48. The fourth-order valence-corrected chi connectivity index (χ4v) is 3.39. The number of hydrogen-bond donors (Lipinski definition) is 3. The maximum atomic E-state index is 14.5. The number of nitrogens with zero attached hydrogens (tertiary/aromatic N) is 1. The molecular weight excluding hydrogens is 484 g/mol. The van der Waals surface area contributed by atoms with Crippen molar-refractivity contribution in [3.8, 4) is 11.5 Å². The zero-order valence-corrected chi connectivity index (χ0v) is 18.8. The molecule has 36 heavy (non-hydrogen) atoms. The lowest BCUT2D eigenvalue weighted by Crippen LogP contribution is -2.43. The maximum absolute atomic E-state index is 14.5. The van der Waals surface area contributed by atoms with Gasteiger partial charge in [0.2, 0.25) is 5.91 Å². The number of carbonyl (C=O) groups excluding carboxylic acids is 2. The van der Waals surface area contributed by atoms with Crippen molar-refractivity contribution in [2.24, 2.45) is 0 Å². The number of benzene rings is 2. The SMILES string of the molecule is CNC(=O)Cc1cc(CNc2ccccc2C(=O)Nc2cc3c(cc2F)OC(F)C(F)(F)O3)ccn1. The number of amides is 2. The molecule has 1 aliphatic rings. The molecule has 12 heteroatoms. The van der Waals surface area contributed by atoms with Crippen LogP contribution >= 0.6 is 0 Å². The van der Waals surface area contributed by atoms with E-state index in [0.717, 1.165) is 11.6 Å². The number of pyridine rings is 1. The third-order valence-electron chi connectivity index (χ3n) is 5.18. The molecule has 3 N–H and O–H groups in total. The van der Waals surface area contributed by atoms with Crippen LogP contribution in [0.15, 0.2) is 54.7 Å². The number of aromatic nitrogens is 1. The second kappa shape index (κ2) is 10.1. The number of hydrogen-bond acceptors (Lipinski definition) is 6. The first kappa shape index (κ1) is 24.8. The van der Waals surface area contributed by atoms with E-state index >= 15 is 0 Å². The lowest BCUT2D eigenvalue weighted by Gasteiger charge is -2.28. The number of halogens is 4. The van der Waals surface area contributed by atoms with E-state index in [4.69, 9.17) is 0 Å². The van der Waals surface area contributed by atoms with Gasteiger partial charge in [0.05, 0.1) is 17.7 Å². The molecule has 4 rings (SSSR count). The van der Waals surface area contributed by atoms with Crippen LogP contribution in [0.5, 0.6) is 11.5 Å². The molecule has 1 unspecified atom stereocenters. The molecule has 3 aromatic rings. The second-order valence-electron chi connectivity index (χ2n) is 7.74. The Morgan fingerprint density at radius 3 is 2.64 bits per heavy atom. The molecule has 188 valence electrons. The van der Waals surface area contributed by atoms with Crippen LogP contribution in [0.25, 0.3) is 0 Å². The van der Waals surface area contributed by atoms with Crippen LogP contribution in [-0.2, 0) is 17.8 Å². The van der Waals surface area contributed by atoms with Gasteiger partial charge >= 0.3 is 12.5 Å². The summed E-state index contributed by atoms with van der Waals surface area (Å²) in [6, 6.07) is 11.3. The minimum Gasteiger partial charge on any atom is -0.447 e. The number of para-hydroxylation sites is 1. The van der Waals surface area contributed by atoms with Crippen LogP contribution in [0.3, 0.4) is 0 Å². The van der Waals surface area contributed by atoms with Gasteiger partial charge in [-0.25, -0.2) is 4.39 Å². The highest BCUT2D eigenvalue weighted by Crippen LogP contribution is 2.43. The lowest BCUT2D eigenvalue weighted by atomic mass is 10.1. The van der Waals surface area contributed by atoms with Gasteiger partial charge in [-0.1, -0.05) is 12.1 Å².